The van der Waals surface area contributed by atoms with Gasteiger partial charge in [0.25, 0.3) is 0 Å². The molecule has 0 aromatic heterocycles. The van der Waals surface area contributed by atoms with Gasteiger partial charge in [0.15, 0.2) is 0 Å². The zero-order valence-electron chi connectivity index (χ0n) is 25.2. The summed E-state index contributed by atoms with van der Waals surface area (Å²) in [6.07, 6.45) is 6.13. The van der Waals surface area contributed by atoms with Crippen molar-refractivity contribution in [3.63, 3.8) is 0 Å². The third-order valence-corrected chi connectivity index (χ3v) is 10.0. The second kappa shape index (κ2) is 11.7. The maximum Gasteiger partial charge on any atom is 0.238 e. The van der Waals surface area contributed by atoms with Gasteiger partial charge in [-0.05, 0) is 71.8 Å². The molecule has 2 aliphatic heterocycles. The molecule has 1 saturated carbocycles. The van der Waals surface area contributed by atoms with Crippen molar-refractivity contribution in [3.05, 3.63) is 114 Å². The van der Waals surface area contributed by atoms with Gasteiger partial charge in [0.05, 0.1) is 41.7 Å². The molecule has 3 aromatic rings. The predicted octanol–water partition coefficient (Wildman–Crippen LogP) is 5.39. The zero-order valence-corrected chi connectivity index (χ0v) is 25.2. The normalized spacial score (nSPS) is 26.8. The smallest absolute Gasteiger partial charge is 0.238 e. The van der Waals surface area contributed by atoms with Crippen molar-refractivity contribution >= 4 is 47.2 Å². The van der Waals surface area contributed by atoms with Gasteiger partial charge in [-0.15, -0.1) is 0 Å². The summed E-state index contributed by atoms with van der Waals surface area (Å²) in [6.45, 7) is 7.61. The molecule has 2 aliphatic carbocycles. The highest BCUT2D eigenvalue weighted by molar-refractivity contribution is 6.24. The molecule has 0 spiro atoms. The molecular weight excluding hydrogens is 580 g/mol. The largest absolute Gasteiger partial charge is 0.491 e. The summed E-state index contributed by atoms with van der Waals surface area (Å²) in [5, 5.41) is 9.18. The number of carbonyl (C=O) groups is 4. The summed E-state index contributed by atoms with van der Waals surface area (Å²) >= 11 is 0. The summed E-state index contributed by atoms with van der Waals surface area (Å²) in [5.41, 5.74) is 4.53. The first-order valence-electron chi connectivity index (χ1n) is 15.6. The van der Waals surface area contributed by atoms with Crippen LogP contribution in [-0.2, 0) is 19.2 Å². The number of benzene rings is 3. The van der Waals surface area contributed by atoms with Crippen molar-refractivity contribution in [2.75, 3.05) is 23.0 Å². The summed E-state index contributed by atoms with van der Waals surface area (Å²) in [6, 6.07) is 21.7. The van der Waals surface area contributed by atoms with Gasteiger partial charge in [0.1, 0.15) is 12.4 Å². The van der Waals surface area contributed by atoms with Crippen LogP contribution in [0.2, 0.25) is 0 Å². The number of aliphatic hydroxyl groups is 1. The van der Waals surface area contributed by atoms with E-state index in [-0.39, 0.29) is 42.8 Å². The Bertz CT molecular complexity index is 1780. The van der Waals surface area contributed by atoms with Crippen molar-refractivity contribution in [2.45, 2.75) is 18.8 Å². The van der Waals surface area contributed by atoms with E-state index in [1.165, 1.54) is 9.80 Å². The molecule has 0 bridgehead atoms. The number of anilines is 2. The Labute approximate surface area is 267 Å². The van der Waals surface area contributed by atoms with Crippen LogP contribution in [-0.4, -0.2) is 41.9 Å². The van der Waals surface area contributed by atoms with Gasteiger partial charge in [-0.2, -0.15) is 0 Å². The number of nitrogens with zero attached hydrogens (tertiary/aromatic N) is 2. The van der Waals surface area contributed by atoms with E-state index in [0.717, 1.165) is 22.3 Å². The molecule has 0 radical (unpaired) electrons. The number of allylic oxidation sites excluding steroid dienone is 2. The highest BCUT2D eigenvalue weighted by atomic mass is 16.5. The molecule has 3 fully saturated rings. The van der Waals surface area contributed by atoms with E-state index in [2.05, 4.69) is 13.2 Å². The van der Waals surface area contributed by atoms with E-state index >= 15 is 0 Å². The fourth-order valence-electron chi connectivity index (χ4n) is 7.93. The summed E-state index contributed by atoms with van der Waals surface area (Å²) in [4.78, 5) is 59.0. The molecule has 2 saturated heterocycles. The van der Waals surface area contributed by atoms with Crippen molar-refractivity contribution in [1.82, 2.24) is 0 Å². The maximum atomic E-state index is 14.3. The lowest BCUT2D eigenvalue weighted by Crippen LogP contribution is -2.43. The van der Waals surface area contributed by atoms with E-state index in [1.807, 2.05) is 42.5 Å². The molecule has 8 heteroatoms. The first-order valence-corrected chi connectivity index (χ1v) is 15.6. The lowest BCUT2D eigenvalue weighted by molar-refractivity contribution is -0.126. The molecule has 8 nitrogen and oxygen atoms in total. The lowest BCUT2D eigenvalue weighted by Gasteiger charge is -2.44. The Hall–Kier alpha value is -5.08. The Morgan fingerprint density at radius 2 is 1.24 bits per heavy atom. The first kappa shape index (κ1) is 29.6. The van der Waals surface area contributed by atoms with E-state index in [9.17, 15) is 24.3 Å². The molecule has 4 aliphatic rings. The second-order valence-corrected chi connectivity index (χ2v) is 12.3. The number of rotatable bonds is 8. The maximum absolute atomic E-state index is 14.3. The minimum absolute atomic E-state index is 0.117. The number of carbonyl (C=O) groups excluding carboxylic acids is 4. The third-order valence-electron chi connectivity index (χ3n) is 10.0. The fourth-order valence-corrected chi connectivity index (χ4v) is 7.93. The van der Waals surface area contributed by atoms with Crippen LogP contribution in [0.1, 0.15) is 35.4 Å². The van der Waals surface area contributed by atoms with Crippen LogP contribution < -0.4 is 14.5 Å². The van der Waals surface area contributed by atoms with Gasteiger partial charge in [-0.3, -0.25) is 29.0 Å². The number of ether oxygens (including phenoxy) is 1. The van der Waals surface area contributed by atoms with Gasteiger partial charge in [0.2, 0.25) is 23.6 Å². The standard InChI is InChI=1S/C38H34N2O6/c1-3-22-5-11-25(12-6-22)39-35(42)29-18-17-28-30(33(29)37(39)44)21-31-34(32(28)24-9-15-27(16-10-24)46-20-19-41)38(45)40(36(31)43)26-13-7-23(4-2)8-14-26/h3-17,29-34,41H,1-2,18-21H2/t29-,30+,31+,32-,33-,34+/m0/s1. The zero-order chi connectivity index (χ0) is 32.1. The van der Waals surface area contributed by atoms with E-state index in [1.54, 1.807) is 48.6 Å². The van der Waals surface area contributed by atoms with Crippen LogP contribution in [0.15, 0.2) is 97.6 Å². The van der Waals surface area contributed by atoms with E-state index in [0.29, 0.717) is 30.0 Å². The number of fused-ring (bicyclic) bond motifs is 4. The highest BCUT2D eigenvalue weighted by Crippen LogP contribution is 2.58. The number of imide groups is 2. The molecule has 7 rings (SSSR count). The van der Waals surface area contributed by atoms with Gasteiger partial charge in [-0.25, -0.2) is 0 Å². The van der Waals surface area contributed by atoms with Crippen LogP contribution in [0, 0.1) is 29.6 Å². The van der Waals surface area contributed by atoms with Crippen molar-refractivity contribution in [1.29, 1.82) is 0 Å². The predicted molar refractivity (Wildman–Crippen MR) is 175 cm³/mol. The summed E-state index contributed by atoms with van der Waals surface area (Å²) < 4.78 is 5.58. The monoisotopic (exact) mass is 614 g/mol. The van der Waals surface area contributed by atoms with Crippen molar-refractivity contribution in [3.8, 4) is 5.75 Å². The van der Waals surface area contributed by atoms with E-state index in [4.69, 9.17) is 4.74 Å². The van der Waals surface area contributed by atoms with Crippen LogP contribution >= 0.6 is 0 Å². The van der Waals surface area contributed by atoms with E-state index < -0.39 is 29.6 Å². The molecule has 6 atom stereocenters. The molecule has 0 unspecified atom stereocenters. The molecule has 1 N–H and O–H groups in total. The van der Waals surface area contributed by atoms with Gasteiger partial charge in [0, 0.05) is 5.92 Å². The molecule has 4 amide bonds. The van der Waals surface area contributed by atoms with Gasteiger partial charge >= 0.3 is 0 Å². The molecule has 232 valence electrons. The van der Waals surface area contributed by atoms with Crippen LogP contribution in [0.4, 0.5) is 11.4 Å². The number of hydrogen-bond acceptors (Lipinski definition) is 6. The highest BCUT2D eigenvalue weighted by Gasteiger charge is 2.62. The Balaban J connectivity index is 1.29. The molecule has 3 aromatic carbocycles. The average Bonchev–Trinajstić information content (AvgIpc) is 3.50. The third kappa shape index (κ3) is 4.63. The van der Waals surface area contributed by atoms with Gasteiger partial charge in [-0.1, -0.05) is 73.4 Å². The van der Waals surface area contributed by atoms with Crippen LogP contribution in [0.3, 0.4) is 0 Å². The number of hydrogen-bond donors (Lipinski definition) is 1. The Morgan fingerprint density at radius 3 is 1.78 bits per heavy atom. The quantitative estimate of drug-likeness (QED) is 0.270. The SMILES string of the molecule is C=Cc1ccc(N2C(=O)[C@H]3[C@H](CC=C4[C@H]3C[C@H]3C(=O)N(c5ccc(C=C)cc5)C(=O)[C@H]3[C@H]4c3ccc(OCCO)cc3)C2=O)cc1. The Morgan fingerprint density at radius 1 is 0.696 bits per heavy atom. The summed E-state index contributed by atoms with van der Waals surface area (Å²) in [7, 11) is 0. The number of aliphatic hydroxyl groups excluding tert-OH is 1. The van der Waals surface area contributed by atoms with Crippen LogP contribution in [0.5, 0.6) is 5.75 Å². The Kier molecular flexibility index (Phi) is 7.53. The van der Waals surface area contributed by atoms with Crippen LogP contribution in [0.25, 0.3) is 12.2 Å². The second-order valence-electron chi connectivity index (χ2n) is 12.3. The number of amides is 4. The summed E-state index contributed by atoms with van der Waals surface area (Å²) in [5.74, 6) is -3.83. The minimum atomic E-state index is -0.662. The fraction of sp³-hybridized carbons (Fsp3) is 0.263. The first-order chi connectivity index (χ1) is 22.4. The molecule has 46 heavy (non-hydrogen) atoms. The average molecular weight is 615 g/mol. The molecular formula is C38H34N2O6. The lowest BCUT2D eigenvalue weighted by atomic mass is 9.57. The molecule has 2 heterocycles. The van der Waals surface area contributed by atoms with Crippen molar-refractivity contribution in [2.24, 2.45) is 29.6 Å². The van der Waals surface area contributed by atoms with Crippen molar-refractivity contribution < 1.29 is 29.0 Å². The van der Waals surface area contributed by atoms with Gasteiger partial charge < -0.3 is 9.84 Å². The topological polar surface area (TPSA) is 104 Å². The minimum Gasteiger partial charge on any atom is -0.491 e.